The van der Waals surface area contributed by atoms with Gasteiger partial charge in [-0.1, -0.05) is 48.2 Å². The molecular weight excluding hydrogens is 278 g/mol. The van der Waals surface area contributed by atoms with E-state index in [1.807, 2.05) is 43.3 Å². The van der Waals surface area contributed by atoms with E-state index in [4.69, 9.17) is 4.74 Å². The van der Waals surface area contributed by atoms with Crippen molar-refractivity contribution in [1.29, 1.82) is 0 Å². The molecule has 0 aliphatic rings. The van der Waals surface area contributed by atoms with Crippen LogP contribution in [-0.2, 0) is 11.3 Å². The number of carbonyl (C=O) groups is 1. The van der Waals surface area contributed by atoms with Gasteiger partial charge in [0.1, 0.15) is 12.4 Å². The molecule has 0 aliphatic carbocycles. The zero-order chi connectivity index (χ0) is 15.8. The second-order valence-corrected chi connectivity index (χ2v) is 4.74. The van der Waals surface area contributed by atoms with Crippen molar-refractivity contribution in [3.63, 3.8) is 0 Å². The minimum absolute atomic E-state index is 0.138. The minimum Gasteiger partial charge on any atom is -0.507 e. The first-order valence-corrected chi connectivity index (χ1v) is 6.88. The maximum absolute atomic E-state index is 11.5. The van der Waals surface area contributed by atoms with Crippen LogP contribution < -0.4 is 5.32 Å². The van der Waals surface area contributed by atoms with Gasteiger partial charge in [-0.15, -0.1) is 0 Å². The molecule has 0 atom stereocenters. The standard InChI is InChI=1S/C18H17NO3/c1-14-9-10-16(17(20)12-14)8-5-11-19-18(21)22-13-15-6-3-2-4-7-15/h2-4,6-7,9-10,12,20H,11,13H2,1H3,(H,19,21). The summed E-state index contributed by atoms with van der Waals surface area (Å²) in [4.78, 5) is 11.5. The van der Waals surface area contributed by atoms with Gasteiger partial charge in [0.25, 0.3) is 0 Å². The van der Waals surface area contributed by atoms with Crippen molar-refractivity contribution in [3.8, 4) is 17.6 Å². The number of phenols is 1. The van der Waals surface area contributed by atoms with Crippen molar-refractivity contribution in [2.45, 2.75) is 13.5 Å². The van der Waals surface area contributed by atoms with Gasteiger partial charge in [-0.05, 0) is 30.2 Å². The Kier molecular flexibility index (Phi) is 5.44. The van der Waals surface area contributed by atoms with E-state index < -0.39 is 6.09 Å². The lowest BCUT2D eigenvalue weighted by Gasteiger charge is -2.04. The second kappa shape index (κ2) is 7.75. The molecule has 0 aliphatic heterocycles. The van der Waals surface area contributed by atoms with Gasteiger partial charge in [0, 0.05) is 0 Å². The number of hydrogen-bond donors (Lipinski definition) is 2. The molecule has 0 bridgehead atoms. The average Bonchev–Trinajstić information content (AvgIpc) is 2.52. The number of amides is 1. The Balaban J connectivity index is 1.76. The van der Waals surface area contributed by atoms with E-state index in [0.717, 1.165) is 11.1 Å². The van der Waals surface area contributed by atoms with Crippen LogP contribution in [0.2, 0.25) is 0 Å². The maximum Gasteiger partial charge on any atom is 0.408 e. The van der Waals surface area contributed by atoms with Gasteiger partial charge in [0.2, 0.25) is 0 Å². The first-order valence-electron chi connectivity index (χ1n) is 6.88. The molecule has 22 heavy (non-hydrogen) atoms. The van der Waals surface area contributed by atoms with Crippen molar-refractivity contribution < 1.29 is 14.6 Å². The number of benzene rings is 2. The van der Waals surface area contributed by atoms with Gasteiger partial charge in [0.05, 0.1) is 12.1 Å². The topological polar surface area (TPSA) is 58.6 Å². The largest absolute Gasteiger partial charge is 0.507 e. The van der Waals surface area contributed by atoms with Crippen LogP contribution in [0.4, 0.5) is 4.79 Å². The summed E-state index contributed by atoms with van der Waals surface area (Å²) in [5.41, 5.74) is 2.42. The first kappa shape index (κ1) is 15.5. The van der Waals surface area contributed by atoms with Crippen LogP contribution in [0.1, 0.15) is 16.7 Å². The third-order valence-electron chi connectivity index (χ3n) is 2.91. The van der Waals surface area contributed by atoms with Crippen LogP contribution >= 0.6 is 0 Å². The van der Waals surface area contributed by atoms with Gasteiger partial charge < -0.3 is 15.2 Å². The number of ether oxygens (including phenoxy) is 1. The highest BCUT2D eigenvalue weighted by Crippen LogP contribution is 2.16. The fraction of sp³-hybridized carbons (Fsp3) is 0.167. The SMILES string of the molecule is Cc1ccc(C#CCNC(=O)OCc2ccccc2)c(O)c1. The summed E-state index contributed by atoms with van der Waals surface area (Å²) < 4.78 is 5.05. The molecule has 0 fully saturated rings. The molecule has 0 heterocycles. The number of hydrogen-bond acceptors (Lipinski definition) is 3. The number of nitrogens with one attached hydrogen (secondary N) is 1. The van der Waals surface area contributed by atoms with Crippen molar-refractivity contribution in [3.05, 3.63) is 65.2 Å². The molecule has 0 unspecified atom stereocenters. The monoisotopic (exact) mass is 295 g/mol. The molecule has 2 aromatic carbocycles. The second-order valence-electron chi connectivity index (χ2n) is 4.74. The summed E-state index contributed by atoms with van der Waals surface area (Å²) in [5.74, 6) is 5.71. The van der Waals surface area contributed by atoms with Crippen molar-refractivity contribution in [1.82, 2.24) is 5.32 Å². The minimum atomic E-state index is -0.522. The number of rotatable bonds is 3. The normalized spacial score (nSPS) is 9.50. The van der Waals surface area contributed by atoms with E-state index in [1.165, 1.54) is 0 Å². The van der Waals surface area contributed by atoms with E-state index in [0.29, 0.717) is 5.56 Å². The number of aromatic hydroxyl groups is 1. The molecule has 4 heteroatoms. The fourth-order valence-corrected chi connectivity index (χ4v) is 1.78. The van der Waals surface area contributed by atoms with Crippen molar-refractivity contribution >= 4 is 6.09 Å². The highest BCUT2D eigenvalue weighted by Gasteiger charge is 2.00. The van der Waals surface area contributed by atoms with Crippen LogP contribution in [0.25, 0.3) is 0 Å². The molecule has 4 nitrogen and oxygen atoms in total. The summed E-state index contributed by atoms with van der Waals surface area (Å²) in [5, 5.41) is 12.2. The fourth-order valence-electron chi connectivity index (χ4n) is 1.78. The predicted octanol–water partition coefficient (Wildman–Crippen LogP) is 2.98. The Hall–Kier alpha value is -2.93. The van der Waals surface area contributed by atoms with Gasteiger partial charge in [-0.2, -0.15) is 0 Å². The van der Waals surface area contributed by atoms with E-state index in [1.54, 1.807) is 12.1 Å². The summed E-state index contributed by atoms with van der Waals surface area (Å²) in [6, 6.07) is 14.7. The molecule has 2 aromatic rings. The smallest absolute Gasteiger partial charge is 0.408 e. The first-order chi connectivity index (χ1) is 10.6. The van der Waals surface area contributed by atoms with E-state index in [9.17, 15) is 9.90 Å². The Morgan fingerprint density at radius 2 is 2.00 bits per heavy atom. The molecule has 0 spiro atoms. The lowest BCUT2D eigenvalue weighted by Crippen LogP contribution is -2.24. The number of alkyl carbamates (subject to hydrolysis) is 1. The lowest BCUT2D eigenvalue weighted by molar-refractivity contribution is 0.141. The Bertz CT molecular complexity index is 699. The zero-order valence-corrected chi connectivity index (χ0v) is 12.3. The van der Waals surface area contributed by atoms with Crippen molar-refractivity contribution in [2.75, 3.05) is 6.54 Å². The number of carbonyl (C=O) groups excluding carboxylic acids is 1. The van der Waals surface area contributed by atoms with Crippen LogP contribution in [0, 0.1) is 18.8 Å². The molecule has 0 aromatic heterocycles. The highest BCUT2D eigenvalue weighted by molar-refractivity contribution is 5.67. The lowest BCUT2D eigenvalue weighted by atomic mass is 10.1. The molecule has 0 saturated carbocycles. The summed E-state index contributed by atoms with van der Waals surface area (Å²) in [6.45, 7) is 2.26. The zero-order valence-electron chi connectivity index (χ0n) is 12.3. The maximum atomic E-state index is 11.5. The number of phenolic OH excluding ortho intramolecular Hbond substituents is 1. The Morgan fingerprint density at radius 3 is 2.73 bits per heavy atom. The van der Waals surface area contributed by atoms with Gasteiger partial charge in [-0.3, -0.25) is 0 Å². The molecule has 2 rings (SSSR count). The molecule has 0 radical (unpaired) electrons. The van der Waals surface area contributed by atoms with Crippen LogP contribution in [0.3, 0.4) is 0 Å². The van der Waals surface area contributed by atoms with Gasteiger partial charge in [-0.25, -0.2) is 4.79 Å². The summed E-state index contributed by atoms with van der Waals surface area (Å²) >= 11 is 0. The summed E-state index contributed by atoms with van der Waals surface area (Å²) in [7, 11) is 0. The highest BCUT2D eigenvalue weighted by atomic mass is 16.5. The van der Waals surface area contributed by atoms with E-state index in [2.05, 4.69) is 17.2 Å². The molecule has 2 N–H and O–H groups in total. The van der Waals surface area contributed by atoms with Crippen LogP contribution in [0.15, 0.2) is 48.5 Å². The quantitative estimate of drug-likeness (QED) is 0.856. The third-order valence-corrected chi connectivity index (χ3v) is 2.91. The Morgan fingerprint density at radius 1 is 1.23 bits per heavy atom. The molecular formula is C18H17NO3. The van der Waals surface area contributed by atoms with Gasteiger partial charge >= 0.3 is 6.09 Å². The van der Waals surface area contributed by atoms with E-state index in [-0.39, 0.29) is 18.9 Å². The Labute approximate surface area is 129 Å². The predicted molar refractivity (Wildman–Crippen MR) is 84.4 cm³/mol. The third kappa shape index (κ3) is 4.88. The van der Waals surface area contributed by atoms with Crippen LogP contribution in [0.5, 0.6) is 5.75 Å². The van der Waals surface area contributed by atoms with Crippen LogP contribution in [-0.4, -0.2) is 17.7 Å². The molecule has 1 amide bonds. The number of aryl methyl sites for hydroxylation is 1. The van der Waals surface area contributed by atoms with Crippen molar-refractivity contribution in [2.24, 2.45) is 0 Å². The molecule has 112 valence electrons. The van der Waals surface area contributed by atoms with E-state index >= 15 is 0 Å². The molecule has 0 saturated heterocycles. The van der Waals surface area contributed by atoms with Gasteiger partial charge in [0.15, 0.2) is 0 Å². The summed E-state index contributed by atoms with van der Waals surface area (Å²) in [6.07, 6.45) is -0.522. The average molecular weight is 295 g/mol.